The van der Waals surface area contributed by atoms with E-state index in [-0.39, 0.29) is 38.2 Å². The van der Waals surface area contributed by atoms with Gasteiger partial charge in [-0.05, 0) is 56.5 Å². The van der Waals surface area contributed by atoms with Gasteiger partial charge in [-0.25, -0.2) is 14.0 Å². The summed E-state index contributed by atoms with van der Waals surface area (Å²) in [4.78, 5) is 28.2. The van der Waals surface area contributed by atoms with Crippen molar-refractivity contribution < 1.29 is 36.6 Å². The Balaban J connectivity index is 1.79. The molecule has 2 amide bonds. The summed E-state index contributed by atoms with van der Waals surface area (Å²) >= 11 is 0. The van der Waals surface area contributed by atoms with Gasteiger partial charge in [-0.3, -0.25) is 0 Å². The van der Waals surface area contributed by atoms with Crippen LogP contribution in [-0.4, -0.2) is 53.3 Å². The van der Waals surface area contributed by atoms with Gasteiger partial charge >= 0.3 is 18.4 Å². The zero-order chi connectivity index (χ0) is 25.8. The number of benzene rings is 2. The zero-order valence-electron chi connectivity index (χ0n) is 19.8. The van der Waals surface area contributed by atoms with Gasteiger partial charge in [-0.15, -0.1) is 0 Å². The molecule has 0 saturated carbocycles. The topological polar surface area (TPSA) is 59.1 Å². The number of hydrogen-bond donors (Lipinski definition) is 0. The van der Waals surface area contributed by atoms with E-state index in [0.717, 1.165) is 17.7 Å². The number of amides is 2. The van der Waals surface area contributed by atoms with Crippen LogP contribution < -0.4 is 0 Å². The first-order valence-corrected chi connectivity index (χ1v) is 11.1. The quantitative estimate of drug-likeness (QED) is 0.514. The van der Waals surface area contributed by atoms with Gasteiger partial charge in [-0.2, -0.15) is 13.2 Å². The van der Waals surface area contributed by atoms with Crippen LogP contribution in [0.15, 0.2) is 48.5 Å². The van der Waals surface area contributed by atoms with Gasteiger partial charge in [0.05, 0.1) is 11.6 Å². The number of nitrogens with zero attached hydrogens (tertiary/aromatic N) is 2. The molecule has 3 rings (SSSR count). The number of rotatable bonds is 4. The number of piperazine rings is 1. The van der Waals surface area contributed by atoms with Crippen molar-refractivity contribution in [3.05, 3.63) is 71.0 Å². The lowest BCUT2D eigenvalue weighted by atomic mass is 10.00. The summed E-state index contributed by atoms with van der Waals surface area (Å²) in [6, 6.07) is 10.6. The summed E-state index contributed by atoms with van der Waals surface area (Å²) < 4.78 is 64.3. The van der Waals surface area contributed by atoms with E-state index in [1.54, 1.807) is 32.9 Å². The summed E-state index contributed by atoms with van der Waals surface area (Å²) in [6.07, 6.45) is -6.10. The van der Waals surface area contributed by atoms with E-state index in [9.17, 15) is 27.2 Å². The Morgan fingerprint density at radius 2 is 1.66 bits per heavy atom. The number of halogens is 4. The Morgan fingerprint density at radius 3 is 2.29 bits per heavy atom. The monoisotopic (exact) mass is 496 g/mol. The Morgan fingerprint density at radius 1 is 0.971 bits per heavy atom. The maximum Gasteiger partial charge on any atom is 0.416 e. The molecule has 1 aliphatic rings. The lowest BCUT2D eigenvalue weighted by Gasteiger charge is -2.41. The molecular formula is C25H28F4N2O4. The summed E-state index contributed by atoms with van der Waals surface area (Å²) in [6.45, 7) is 5.36. The highest BCUT2D eigenvalue weighted by molar-refractivity contribution is 5.71. The highest BCUT2D eigenvalue weighted by Crippen LogP contribution is 2.31. The van der Waals surface area contributed by atoms with E-state index in [4.69, 9.17) is 9.47 Å². The molecule has 1 heterocycles. The van der Waals surface area contributed by atoms with Crippen LogP contribution in [0, 0.1) is 5.82 Å². The third-order valence-corrected chi connectivity index (χ3v) is 5.33. The molecule has 6 nitrogen and oxygen atoms in total. The van der Waals surface area contributed by atoms with Crippen molar-refractivity contribution in [3.63, 3.8) is 0 Å². The van der Waals surface area contributed by atoms with Crippen molar-refractivity contribution in [3.8, 4) is 0 Å². The lowest BCUT2D eigenvalue weighted by Crippen LogP contribution is -2.58. The van der Waals surface area contributed by atoms with Crippen LogP contribution in [0.4, 0.5) is 27.2 Å². The average Bonchev–Trinajstić information content (AvgIpc) is 2.76. The number of ether oxygens (including phenoxy) is 2. The third-order valence-electron chi connectivity index (χ3n) is 5.33. The average molecular weight is 497 g/mol. The molecule has 1 atom stereocenters. The second-order valence-corrected chi connectivity index (χ2v) is 9.36. The van der Waals surface area contributed by atoms with Crippen LogP contribution in [-0.2, 0) is 28.7 Å². The SMILES string of the molecule is CC(C)(C)OC(=O)N1CCN(C(=O)OCc2ccccc2)CC1Cc1cc(F)cc(C(F)(F)F)c1. The van der Waals surface area contributed by atoms with Gasteiger partial charge in [0.25, 0.3) is 0 Å². The molecule has 0 spiro atoms. The largest absolute Gasteiger partial charge is 0.445 e. The molecule has 10 heteroatoms. The lowest BCUT2D eigenvalue weighted by molar-refractivity contribution is -0.137. The van der Waals surface area contributed by atoms with E-state index in [1.807, 2.05) is 18.2 Å². The van der Waals surface area contributed by atoms with Crippen molar-refractivity contribution in [2.75, 3.05) is 19.6 Å². The van der Waals surface area contributed by atoms with Crippen LogP contribution >= 0.6 is 0 Å². The molecule has 1 aliphatic heterocycles. The van der Waals surface area contributed by atoms with Gasteiger partial charge in [0, 0.05) is 19.6 Å². The summed E-state index contributed by atoms with van der Waals surface area (Å²) in [5.74, 6) is -1.03. The first-order valence-electron chi connectivity index (χ1n) is 11.1. The zero-order valence-corrected chi connectivity index (χ0v) is 19.8. The predicted octanol–water partition coefficient (Wildman–Crippen LogP) is 5.65. The molecule has 0 aromatic heterocycles. The molecule has 1 fully saturated rings. The molecule has 0 radical (unpaired) electrons. The highest BCUT2D eigenvalue weighted by atomic mass is 19.4. The van der Waals surface area contributed by atoms with Crippen molar-refractivity contribution in [2.45, 2.75) is 51.6 Å². The minimum atomic E-state index is -4.72. The Kier molecular flexibility index (Phi) is 7.92. The van der Waals surface area contributed by atoms with E-state index < -0.39 is 41.4 Å². The second kappa shape index (κ2) is 10.5. The molecule has 0 N–H and O–H groups in total. The van der Waals surface area contributed by atoms with E-state index in [1.165, 1.54) is 9.80 Å². The molecular weight excluding hydrogens is 468 g/mol. The van der Waals surface area contributed by atoms with Crippen LogP contribution in [0.2, 0.25) is 0 Å². The van der Waals surface area contributed by atoms with E-state index in [2.05, 4.69) is 0 Å². The molecule has 190 valence electrons. The maximum absolute atomic E-state index is 14.0. The molecule has 2 aromatic rings. The molecule has 0 bridgehead atoms. The van der Waals surface area contributed by atoms with Gasteiger partial charge < -0.3 is 19.3 Å². The highest BCUT2D eigenvalue weighted by Gasteiger charge is 2.37. The standard InChI is InChI=1S/C25H28F4N2O4/c1-24(2,3)35-23(33)31-10-9-30(22(32)34-16-17-7-5-4-6-8-17)15-21(31)13-18-11-19(25(27,28)29)14-20(26)12-18/h4-8,11-12,14,21H,9-10,13,15-16H2,1-3H3. The fourth-order valence-corrected chi connectivity index (χ4v) is 3.77. The molecule has 1 unspecified atom stereocenters. The maximum atomic E-state index is 14.0. The van der Waals surface area contributed by atoms with Gasteiger partial charge in [0.2, 0.25) is 0 Å². The normalized spacial score (nSPS) is 16.7. The van der Waals surface area contributed by atoms with E-state index >= 15 is 0 Å². The minimum absolute atomic E-state index is 0.00920. The minimum Gasteiger partial charge on any atom is -0.445 e. The van der Waals surface area contributed by atoms with Crippen LogP contribution in [0.3, 0.4) is 0 Å². The molecule has 35 heavy (non-hydrogen) atoms. The van der Waals surface area contributed by atoms with Gasteiger partial charge in [0.1, 0.15) is 18.0 Å². The molecule has 2 aromatic carbocycles. The smallest absolute Gasteiger partial charge is 0.416 e. The van der Waals surface area contributed by atoms with Crippen molar-refractivity contribution in [1.29, 1.82) is 0 Å². The number of hydrogen-bond acceptors (Lipinski definition) is 4. The number of carbonyl (C=O) groups is 2. The fraction of sp³-hybridized carbons (Fsp3) is 0.440. The van der Waals surface area contributed by atoms with Crippen molar-refractivity contribution >= 4 is 12.2 Å². The summed E-state index contributed by atoms with van der Waals surface area (Å²) in [7, 11) is 0. The number of carbonyl (C=O) groups excluding carboxylic acids is 2. The Hall–Kier alpha value is -3.30. The second-order valence-electron chi connectivity index (χ2n) is 9.36. The first-order chi connectivity index (χ1) is 16.3. The van der Waals surface area contributed by atoms with Crippen molar-refractivity contribution in [1.82, 2.24) is 9.80 Å². The van der Waals surface area contributed by atoms with Crippen LogP contribution in [0.25, 0.3) is 0 Å². The van der Waals surface area contributed by atoms with E-state index in [0.29, 0.717) is 6.07 Å². The fourth-order valence-electron chi connectivity index (χ4n) is 3.77. The molecule has 0 aliphatic carbocycles. The van der Waals surface area contributed by atoms with Crippen molar-refractivity contribution in [2.24, 2.45) is 0 Å². The number of alkyl halides is 3. The molecule has 1 saturated heterocycles. The Labute approximate surface area is 201 Å². The Bertz CT molecular complexity index is 1040. The summed E-state index contributed by atoms with van der Waals surface area (Å²) in [5.41, 5.74) is -1.07. The predicted molar refractivity (Wildman–Crippen MR) is 120 cm³/mol. The van der Waals surface area contributed by atoms with Gasteiger partial charge in [0.15, 0.2) is 0 Å². The third kappa shape index (κ3) is 7.60. The first kappa shape index (κ1) is 26.3. The van der Waals surface area contributed by atoms with Crippen LogP contribution in [0.5, 0.6) is 0 Å². The summed E-state index contributed by atoms with van der Waals surface area (Å²) in [5, 5.41) is 0. The van der Waals surface area contributed by atoms with Gasteiger partial charge in [-0.1, -0.05) is 30.3 Å². The van der Waals surface area contributed by atoms with Crippen LogP contribution in [0.1, 0.15) is 37.5 Å².